The molecule has 0 aliphatic heterocycles. The molecule has 0 saturated heterocycles. The van der Waals surface area contributed by atoms with Crippen molar-refractivity contribution in [1.82, 2.24) is 4.98 Å². The fourth-order valence-electron chi connectivity index (χ4n) is 2.44. The lowest BCUT2D eigenvalue weighted by atomic mass is 10.0. The van der Waals surface area contributed by atoms with E-state index >= 15 is 0 Å². The molecule has 0 radical (unpaired) electrons. The van der Waals surface area contributed by atoms with Gasteiger partial charge in [0.05, 0.1) is 11.2 Å². The topological polar surface area (TPSA) is 51.2 Å². The summed E-state index contributed by atoms with van der Waals surface area (Å²) in [6, 6.07) is 12.7. The van der Waals surface area contributed by atoms with Crippen LogP contribution in [0, 0.1) is 13.8 Å². The van der Waals surface area contributed by atoms with Crippen LogP contribution in [0.5, 0.6) is 5.75 Å². The van der Waals surface area contributed by atoms with Crippen LogP contribution >= 0.6 is 11.6 Å². The van der Waals surface area contributed by atoms with E-state index in [4.69, 9.17) is 16.3 Å². The fourth-order valence-corrected chi connectivity index (χ4v) is 2.56. The van der Waals surface area contributed by atoms with Gasteiger partial charge in [0.25, 0.3) is 5.91 Å². The Morgan fingerprint density at radius 3 is 2.62 bits per heavy atom. The first kappa shape index (κ1) is 16.3. The summed E-state index contributed by atoms with van der Waals surface area (Å²) in [5.41, 5.74) is 3.91. The van der Waals surface area contributed by atoms with Crippen LogP contribution in [0.15, 0.2) is 48.7 Å². The van der Waals surface area contributed by atoms with Crippen molar-refractivity contribution in [2.24, 2.45) is 0 Å². The van der Waals surface area contributed by atoms with Gasteiger partial charge in [0, 0.05) is 16.6 Å². The van der Waals surface area contributed by atoms with Crippen LogP contribution in [0.2, 0.25) is 5.02 Å². The van der Waals surface area contributed by atoms with Gasteiger partial charge in [-0.3, -0.25) is 9.78 Å². The van der Waals surface area contributed by atoms with Gasteiger partial charge < -0.3 is 10.1 Å². The number of anilines is 1. The number of carbonyl (C=O) groups excluding carboxylic acids is 1. The van der Waals surface area contributed by atoms with Crippen molar-refractivity contribution in [2.45, 2.75) is 13.8 Å². The van der Waals surface area contributed by atoms with Crippen molar-refractivity contribution in [3.05, 3.63) is 64.8 Å². The number of ether oxygens (including phenoxy) is 1. The van der Waals surface area contributed by atoms with Gasteiger partial charge >= 0.3 is 0 Å². The number of halogens is 1. The zero-order valence-corrected chi connectivity index (χ0v) is 14.2. The Morgan fingerprint density at radius 2 is 1.88 bits per heavy atom. The Balaban J connectivity index is 1.73. The largest absolute Gasteiger partial charge is 0.484 e. The number of aromatic nitrogens is 1. The van der Waals surface area contributed by atoms with E-state index in [-0.39, 0.29) is 12.5 Å². The molecule has 1 N–H and O–H groups in total. The Labute approximate surface area is 145 Å². The highest BCUT2D eigenvalue weighted by Gasteiger charge is 2.09. The summed E-state index contributed by atoms with van der Waals surface area (Å²) in [5, 5.41) is 4.43. The van der Waals surface area contributed by atoms with Crippen molar-refractivity contribution >= 4 is 34.1 Å². The Kier molecular flexibility index (Phi) is 4.67. The average Bonchev–Trinajstić information content (AvgIpc) is 2.58. The molecule has 1 amide bonds. The normalized spacial score (nSPS) is 10.6. The van der Waals surface area contributed by atoms with Crippen LogP contribution < -0.4 is 10.1 Å². The van der Waals surface area contributed by atoms with Crippen LogP contribution in [0.1, 0.15) is 11.1 Å². The molecule has 3 rings (SSSR count). The van der Waals surface area contributed by atoms with Gasteiger partial charge in [0.1, 0.15) is 5.75 Å². The van der Waals surface area contributed by atoms with Gasteiger partial charge in [-0.05, 0) is 55.3 Å². The highest BCUT2D eigenvalue weighted by atomic mass is 35.5. The second-order valence-electron chi connectivity index (χ2n) is 5.55. The molecular formula is C19H17ClN2O2. The van der Waals surface area contributed by atoms with Crippen molar-refractivity contribution in [3.8, 4) is 5.75 Å². The van der Waals surface area contributed by atoms with Crippen LogP contribution in [-0.2, 0) is 4.79 Å². The Morgan fingerprint density at radius 1 is 1.12 bits per heavy atom. The minimum atomic E-state index is -0.226. The first-order chi connectivity index (χ1) is 11.5. The minimum absolute atomic E-state index is 0.0731. The molecule has 0 aliphatic carbocycles. The number of pyridine rings is 1. The quantitative estimate of drug-likeness (QED) is 0.759. The molecule has 0 aliphatic rings. The predicted molar refractivity (Wildman–Crippen MR) is 96.8 cm³/mol. The van der Waals surface area contributed by atoms with E-state index in [1.807, 2.05) is 26.0 Å². The second-order valence-corrected chi connectivity index (χ2v) is 5.99. The van der Waals surface area contributed by atoms with Crippen molar-refractivity contribution in [1.29, 1.82) is 0 Å². The molecule has 3 aromatic rings. The van der Waals surface area contributed by atoms with Crippen molar-refractivity contribution in [2.75, 3.05) is 11.9 Å². The number of benzene rings is 2. The van der Waals surface area contributed by atoms with E-state index < -0.39 is 0 Å². The summed E-state index contributed by atoms with van der Waals surface area (Å²) in [4.78, 5) is 16.6. The van der Waals surface area contributed by atoms with Crippen LogP contribution in [-0.4, -0.2) is 17.5 Å². The van der Waals surface area contributed by atoms with Gasteiger partial charge in [-0.2, -0.15) is 0 Å². The average molecular weight is 341 g/mol. The van der Waals surface area contributed by atoms with Gasteiger partial charge in [-0.1, -0.05) is 23.7 Å². The minimum Gasteiger partial charge on any atom is -0.484 e. The highest BCUT2D eigenvalue weighted by Crippen LogP contribution is 2.26. The summed E-state index contributed by atoms with van der Waals surface area (Å²) in [6.07, 6.45) is 1.70. The lowest BCUT2D eigenvalue weighted by molar-refractivity contribution is -0.118. The monoisotopic (exact) mass is 340 g/mol. The maximum Gasteiger partial charge on any atom is 0.262 e. The summed E-state index contributed by atoms with van der Waals surface area (Å²) >= 11 is 5.82. The van der Waals surface area contributed by atoms with E-state index in [1.165, 1.54) is 5.56 Å². The third-order valence-electron chi connectivity index (χ3n) is 3.89. The van der Waals surface area contributed by atoms with Gasteiger partial charge in [-0.15, -0.1) is 0 Å². The third-order valence-corrected chi connectivity index (χ3v) is 4.15. The molecule has 24 heavy (non-hydrogen) atoms. The Bertz CT molecular complexity index is 892. The van der Waals surface area contributed by atoms with Gasteiger partial charge in [0.2, 0.25) is 0 Å². The number of nitrogens with zero attached hydrogens (tertiary/aromatic N) is 1. The van der Waals surface area contributed by atoms with E-state index in [1.54, 1.807) is 36.5 Å². The third kappa shape index (κ3) is 3.49. The number of hydrogen-bond acceptors (Lipinski definition) is 3. The highest BCUT2D eigenvalue weighted by molar-refractivity contribution is 6.30. The molecule has 1 aromatic heterocycles. The standard InChI is InChI=1S/C19H17ClN2O2/c1-12-3-8-16-17(9-10-21-19(16)13(12)2)22-18(23)11-24-15-6-4-14(20)5-7-15/h3-10H,11H2,1-2H3,(H,21,22,23). The molecule has 0 unspecified atom stereocenters. The molecule has 0 bridgehead atoms. The first-order valence-corrected chi connectivity index (χ1v) is 7.95. The SMILES string of the molecule is Cc1ccc2c(NC(=O)COc3ccc(Cl)cc3)ccnc2c1C. The maximum absolute atomic E-state index is 12.2. The second kappa shape index (κ2) is 6.89. The molecule has 5 heteroatoms. The number of fused-ring (bicyclic) bond motifs is 1. The number of hydrogen-bond donors (Lipinski definition) is 1. The molecule has 0 fully saturated rings. The summed E-state index contributed by atoms with van der Waals surface area (Å²) < 4.78 is 5.46. The van der Waals surface area contributed by atoms with E-state index in [9.17, 15) is 4.79 Å². The first-order valence-electron chi connectivity index (χ1n) is 7.58. The zero-order chi connectivity index (χ0) is 17.1. The zero-order valence-electron chi connectivity index (χ0n) is 13.5. The molecule has 0 saturated carbocycles. The Hall–Kier alpha value is -2.59. The number of amides is 1. The number of nitrogens with one attached hydrogen (secondary N) is 1. The molecular weight excluding hydrogens is 324 g/mol. The smallest absolute Gasteiger partial charge is 0.262 e. The van der Waals surface area contributed by atoms with Gasteiger partial charge in [-0.25, -0.2) is 0 Å². The van der Waals surface area contributed by atoms with Crippen molar-refractivity contribution < 1.29 is 9.53 Å². The molecule has 122 valence electrons. The summed E-state index contributed by atoms with van der Waals surface area (Å²) in [7, 11) is 0. The van der Waals surface area contributed by atoms with E-state index in [0.717, 1.165) is 22.2 Å². The van der Waals surface area contributed by atoms with E-state index in [0.29, 0.717) is 10.8 Å². The molecule has 1 heterocycles. The van der Waals surface area contributed by atoms with Crippen LogP contribution in [0.3, 0.4) is 0 Å². The maximum atomic E-state index is 12.2. The summed E-state index contributed by atoms with van der Waals surface area (Å²) in [6.45, 7) is 4.00. The van der Waals surface area contributed by atoms with Crippen molar-refractivity contribution in [3.63, 3.8) is 0 Å². The molecule has 0 spiro atoms. The fraction of sp³-hybridized carbons (Fsp3) is 0.158. The van der Waals surface area contributed by atoms with Gasteiger partial charge in [0.15, 0.2) is 6.61 Å². The summed E-state index contributed by atoms with van der Waals surface area (Å²) in [5.74, 6) is 0.372. The van der Waals surface area contributed by atoms with E-state index in [2.05, 4.69) is 10.3 Å². The molecule has 2 aromatic carbocycles. The lowest BCUT2D eigenvalue weighted by Crippen LogP contribution is -2.20. The molecule has 0 atom stereocenters. The predicted octanol–water partition coefficient (Wildman–Crippen LogP) is 4.52. The lowest BCUT2D eigenvalue weighted by Gasteiger charge is -2.11. The van der Waals surface area contributed by atoms with Crippen LogP contribution in [0.25, 0.3) is 10.9 Å². The molecule has 4 nitrogen and oxygen atoms in total. The number of carbonyl (C=O) groups is 1. The van der Waals surface area contributed by atoms with Crippen LogP contribution in [0.4, 0.5) is 5.69 Å². The number of rotatable bonds is 4. The number of aryl methyl sites for hydroxylation is 2.